The molecule has 56 heavy (non-hydrogen) atoms. The zero-order chi connectivity index (χ0) is 37.0. The minimum atomic E-state index is 0.586. The number of benzene rings is 8. The highest BCUT2D eigenvalue weighted by Gasteiger charge is 2.19. The molecule has 0 radical (unpaired) electrons. The van der Waals surface area contributed by atoms with Gasteiger partial charge in [0.25, 0.3) is 0 Å². The van der Waals surface area contributed by atoms with Crippen LogP contribution in [0.25, 0.3) is 111 Å². The molecule has 5 heteroatoms. The van der Waals surface area contributed by atoms with E-state index in [4.69, 9.17) is 23.8 Å². The Hall–Kier alpha value is -7.63. The molecule has 0 aliphatic rings. The van der Waals surface area contributed by atoms with Crippen LogP contribution >= 0.6 is 0 Å². The molecule has 0 atom stereocenters. The Bertz CT molecular complexity index is 3250. The van der Waals surface area contributed by atoms with Crippen LogP contribution in [0.1, 0.15) is 0 Å². The van der Waals surface area contributed by atoms with E-state index >= 15 is 0 Å². The molecule has 0 N–H and O–H groups in total. The maximum absolute atomic E-state index is 6.48. The SMILES string of the molecule is c1ccc(-c2nc(-c3cccc(-c4cccc5oc6ccc(-c7ccccc7-c7ccccc7)cc6c45)c3)nc(-c3cccc4oc5ccccc5c34)n2)cc1. The highest BCUT2D eigenvalue weighted by Crippen LogP contribution is 2.41. The molecular formula is C51H31N3O2. The molecule has 5 nitrogen and oxygen atoms in total. The van der Waals surface area contributed by atoms with Gasteiger partial charge in [-0.15, -0.1) is 0 Å². The standard InChI is InChI=1S/C51H31N3O2/c1-3-14-32(15-4-1)37-20-7-8-21-38(37)35-28-29-44-42(31-35)47-39(23-12-26-45(47)56-44)34-18-11-19-36(30-34)50-52-49(33-16-5-2-6-17-33)53-51(54-50)41-24-13-27-46-48(41)40-22-9-10-25-43(40)55-46/h1-31H. The Kier molecular flexibility index (Phi) is 7.42. The molecule has 0 saturated heterocycles. The van der Waals surface area contributed by atoms with Crippen molar-refractivity contribution in [3.05, 3.63) is 188 Å². The van der Waals surface area contributed by atoms with Gasteiger partial charge in [-0.2, -0.15) is 0 Å². The number of para-hydroxylation sites is 1. The van der Waals surface area contributed by atoms with E-state index in [-0.39, 0.29) is 0 Å². The fourth-order valence-corrected chi connectivity index (χ4v) is 7.97. The lowest BCUT2D eigenvalue weighted by Crippen LogP contribution is -2.00. The molecule has 0 amide bonds. The van der Waals surface area contributed by atoms with Crippen LogP contribution in [0.2, 0.25) is 0 Å². The van der Waals surface area contributed by atoms with Crippen LogP contribution in [0.15, 0.2) is 197 Å². The monoisotopic (exact) mass is 717 g/mol. The Morgan fingerprint density at radius 2 is 0.750 bits per heavy atom. The Labute approximate surface area is 322 Å². The summed E-state index contributed by atoms with van der Waals surface area (Å²) in [5.41, 5.74) is 12.8. The summed E-state index contributed by atoms with van der Waals surface area (Å²) in [6.45, 7) is 0. The van der Waals surface area contributed by atoms with Crippen molar-refractivity contribution in [1.29, 1.82) is 0 Å². The highest BCUT2D eigenvalue weighted by molar-refractivity contribution is 6.14. The van der Waals surface area contributed by atoms with E-state index in [1.807, 2.05) is 66.7 Å². The largest absolute Gasteiger partial charge is 0.456 e. The lowest BCUT2D eigenvalue weighted by Gasteiger charge is -2.11. The number of nitrogens with zero attached hydrogens (tertiary/aromatic N) is 3. The summed E-state index contributed by atoms with van der Waals surface area (Å²) in [6, 6.07) is 64.6. The molecule has 0 unspecified atom stereocenters. The van der Waals surface area contributed by atoms with Gasteiger partial charge in [-0.3, -0.25) is 0 Å². The van der Waals surface area contributed by atoms with Gasteiger partial charge in [-0.1, -0.05) is 152 Å². The summed E-state index contributed by atoms with van der Waals surface area (Å²) in [6.07, 6.45) is 0. The third-order valence-electron chi connectivity index (χ3n) is 10.6. The van der Waals surface area contributed by atoms with Crippen molar-refractivity contribution in [2.45, 2.75) is 0 Å². The maximum atomic E-state index is 6.48. The summed E-state index contributed by atoms with van der Waals surface area (Å²) in [4.78, 5) is 15.3. The van der Waals surface area contributed by atoms with E-state index in [9.17, 15) is 0 Å². The molecule has 0 bridgehead atoms. The van der Waals surface area contributed by atoms with E-state index in [1.165, 1.54) is 16.7 Å². The summed E-state index contributed by atoms with van der Waals surface area (Å²) in [5, 5.41) is 4.14. The van der Waals surface area contributed by atoms with Crippen LogP contribution in [-0.4, -0.2) is 15.0 Å². The van der Waals surface area contributed by atoms with E-state index in [1.54, 1.807) is 0 Å². The second kappa shape index (κ2) is 13.0. The van der Waals surface area contributed by atoms with Crippen molar-refractivity contribution >= 4 is 43.9 Å². The molecule has 0 aliphatic heterocycles. The predicted octanol–water partition coefficient (Wildman–Crippen LogP) is 13.7. The predicted molar refractivity (Wildman–Crippen MR) is 227 cm³/mol. The second-order valence-corrected chi connectivity index (χ2v) is 13.9. The number of fused-ring (bicyclic) bond motifs is 6. The smallest absolute Gasteiger partial charge is 0.164 e. The van der Waals surface area contributed by atoms with Gasteiger partial charge < -0.3 is 8.83 Å². The molecule has 0 fully saturated rings. The van der Waals surface area contributed by atoms with Crippen LogP contribution in [0.3, 0.4) is 0 Å². The van der Waals surface area contributed by atoms with Crippen LogP contribution in [-0.2, 0) is 0 Å². The van der Waals surface area contributed by atoms with Crippen LogP contribution < -0.4 is 0 Å². The van der Waals surface area contributed by atoms with Gasteiger partial charge in [-0.05, 0) is 69.8 Å². The summed E-state index contributed by atoms with van der Waals surface area (Å²) < 4.78 is 12.7. The molecular weight excluding hydrogens is 687 g/mol. The molecule has 11 rings (SSSR count). The normalized spacial score (nSPS) is 11.6. The second-order valence-electron chi connectivity index (χ2n) is 13.9. The number of aromatic nitrogens is 3. The lowest BCUT2D eigenvalue weighted by atomic mass is 9.93. The summed E-state index contributed by atoms with van der Waals surface area (Å²) in [7, 11) is 0. The van der Waals surface area contributed by atoms with Crippen molar-refractivity contribution in [1.82, 2.24) is 15.0 Å². The van der Waals surface area contributed by atoms with Gasteiger partial charge in [0.2, 0.25) is 0 Å². The first-order valence-electron chi connectivity index (χ1n) is 18.7. The first kappa shape index (κ1) is 31.9. The minimum Gasteiger partial charge on any atom is -0.456 e. The van der Waals surface area contributed by atoms with Crippen molar-refractivity contribution in [2.24, 2.45) is 0 Å². The van der Waals surface area contributed by atoms with E-state index in [2.05, 4.69) is 121 Å². The summed E-state index contributed by atoms with van der Waals surface area (Å²) >= 11 is 0. The first-order valence-corrected chi connectivity index (χ1v) is 18.7. The van der Waals surface area contributed by atoms with Gasteiger partial charge in [0.15, 0.2) is 17.5 Å². The fraction of sp³-hybridized carbons (Fsp3) is 0. The third kappa shape index (κ3) is 5.37. The quantitative estimate of drug-likeness (QED) is 0.171. The van der Waals surface area contributed by atoms with Crippen LogP contribution in [0.5, 0.6) is 0 Å². The molecule has 8 aromatic carbocycles. The van der Waals surface area contributed by atoms with E-state index < -0.39 is 0 Å². The Balaban J connectivity index is 1.07. The van der Waals surface area contributed by atoms with Gasteiger partial charge >= 0.3 is 0 Å². The van der Waals surface area contributed by atoms with Crippen molar-refractivity contribution < 1.29 is 8.83 Å². The fourth-order valence-electron chi connectivity index (χ4n) is 7.97. The Morgan fingerprint density at radius 1 is 0.268 bits per heavy atom. The molecule has 0 spiro atoms. The summed E-state index contributed by atoms with van der Waals surface area (Å²) in [5.74, 6) is 1.78. The van der Waals surface area contributed by atoms with Gasteiger partial charge in [0.1, 0.15) is 22.3 Å². The van der Waals surface area contributed by atoms with Gasteiger partial charge in [-0.25, -0.2) is 15.0 Å². The number of hydrogen-bond donors (Lipinski definition) is 0. The molecule has 3 heterocycles. The third-order valence-corrected chi connectivity index (χ3v) is 10.6. The molecule has 0 aliphatic carbocycles. The number of hydrogen-bond acceptors (Lipinski definition) is 5. The van der Waals surface area contributed by atoms with Crippen LogP contribution in [0.4, 0.5) is 0 Å². The maximum Gasteiger partial charge on any atom is 0.164 e. The lowest BCUT2D eigenvalue weighted by molar-refractivity contribution is 0.668. The number of furan rings is 2. The Morgan fingerprint density at radius 3 is 1.52 bits per heavy atom. The highest BCUT2D eigenvalue weighted by atomic mass is 16.3. The zero-order valence-electron chi connectivity index (χ0n) is 30.1. The average molecular weight is 718 g/mol. The molecule has 3 aromatic heterocycles. The number of rotatable bonds is 6. The molecule has 262 valence electrons. The van der Waals surface area contributed by atoms with Crippen LogP contribution in [0, 0.1) is 0 Å². The average Bonchev–Trinajstić information content (AvgIpc) is 3.85. The van der Waals surface area contributed by atoms with Gasteiger partial charge in [0.05, 0.1) is 0 Å². The zero-order valence-corrected chi connectivity index (χ0v) is 30.1. The molecule has 0 saturated carbocycles. The van der Waals surface area contributed by atoms with E-state index in [0.29, 0.717) is 17.5 Å². The van der Waals surface area contributed by atoms with Crippen molar-refractivity contribution in [3.8, 4) is 67.5 Å². The molecule has 11 aromatic rings. The van der Waals surface area contributed by atoms with E-state index in [0.717, 1.165) is 77.3 Å². The topological polar surface area (TPSA) is 65.0 Å². The first-order chi connectivity index (χ1) is 27.7. The van der Waals surface area contributed by atoms with Crippen molar-refractivity contribution in [3.63, 3.8) is 0 Å². The van der Waals surface area contributed by atoms with Gasteiger partial charge in [0, 0.05) is 38.2 Å². The minimum absolute atomic E-state index is 0.586. The van der Waals surface area contributed by atoms with Crippen molar-refractivity contribution in [2.75, 3.05) is 0 Å².